The monoisotopic (exact) mass is 318 g/mol. The molecule has 0 aromatic heterocycles. The summed E-state index contributed by atoms with van der Waals surface area (Å²) in [5.74, 6) is 0.155. The summed E-state index contributed by atoms with van der Waals surface area (Å²) in [6.45, 7) is 5.47. The van der Waals surface area contributed by atoms with Crippen molar-refractivity contribution in [2.45, 2.75) is 20.3 Å². The minimum Gasteiger partial charge on any atom is -0.344 e. The summed E-state index contributed by atoms with van der Waals surface area (Å²) in [6, 6.07) is 7.69. The molecule has 20 heavy (non-hydrogen) atoms. The Morgan fingerprint density at radius 2 is 2.05 bits per heavy atom. The van der Waals surface area contributed by atoms with Crippen LogP contribution in [0.4, 0.5) is 0 Å². The molecular weight excluding hydrogens is 295 g/mol. The van der Waals surface area contributed by atoms with Crippen LogP contribution in [0.1, 0.15) is 19.4 Å². The summed E-state index contributed by atoms with van der Waals surface area (Å²) >= 11 is 5.98. The summed E-state index contributed by atoms with van der Waals surface area (Å²) in [5, 5.41) is 3.76. The van der Waals surface area contributed by atoms with Gasteiger partial charge < -0.3 is 10.2 Å². The molecule has 0 spiro atoms. The van der Waals surface area contributed by atoms with Gasteiger partial charge in [-0.15, -0.1) is 12.4 Å². The molecule has 0 bridgehead atoms. The van der Waals surface area contributed by atoms with E-state index in [0.717, 1.165) is 12.1 Å². The summed E-state index contributed by atoms with van der Waals surface area (Å²) in [6.07, 6.45) is 0.691. The number of amides is 1. The van der Waals surface area contributed by atoms with E-state index >= 15 is 0 Å². The van der Waals surface area contributed by atoms with Gasteiger partial charge in [-0.2, -0.15) is 0 Å². The molecule has 0 atom stereocenters. The highest BCUT2D eigenvalue weighted by Crippen LogP contribution is 2.25. The predicted octanol–water partition coefficient (Wildman–Crippen LogP) is 3.01. The van der Waals surface area contributed by atoms with Gasteiger partial charge in [0.2, 0.25) is 5.91 Å². The fraction of sp³-hybridized carbons (Fsp3) is 0.533. The van der Waals surface area contributed by atoms with Crippen molar-refractivity contribution in [2.24, 2.45) is 5.41 Å². The van der Waals surface area contributed by atoms with Crippen molar-refractivity contribution >= 4 is 29.9 Å². The third-order valence-electron chi connectivity index (χ3n) is 3.16. The van der Waals surface area contributed by atoms with Crippen LogP contribution in [0.2, 0.25) is 5.02 Å². The Morgan fingerprint density at radius 1 is 1.40 bits per heavy atom. The second-order valence-electron chi connectivity index (χ2n) is 5.52. The fourth-order valence-electron chi connectivity index (χ4n) is 2.13. The van der Waals surface area contributed by atoms with Crippen molar-refractivity contribution < 1.29 is 4.79 Å². The molecule has 0 aliphatic rings. The maximum absolute atomic E-state index is 12.4. The lowest BCUT2D eigenvalue weighted by Gasteiger charge is -2.29. The number of carbonyl (C=O) groups excluding carboxylic acids is 1. The first-order valence-corrected chi connectivity index (χ1v) is 6.89. The van der Waals surface area contributed by atoms with Crippen LogP contribution in [0.15, 0.2) is 24.3 Å². The fourth-order valence-corrected chi connectivity index (χ4v) is 2.34. The minimum absolute atomic E-state index is 0. The molecule has 1 rings (SSSR count). The first-order chi connectivity index (χ1) is 8.86. The van der Waals surface area contributed by atoms with Gasteiger partial charge in [0.05, 0.1) is 0 Å². The zero-order chi connectivity index (χ0) is 14.5. The molecule has 1 aromatic carbocycles. The molecule has 0 aliphatic carbocycles. The average molecular weight is 319 g/mol. The van der Waals surface area contributed by atoms with Crippen LogP contribution in [-0.2, 0) is 11.2 Å². The van der Waals surface area contributed by atoms with Gasteiger partial charge >= 0.3 is 0 Å². The zero-order valence-corrected chi connectivity index (χ0v) is 14.1. The molecule has 114 valence electrons. The number of nitrogens with zero attached hydrogens (tertiary/aromatic N) is 1. The largest absolute Gasteiger partial charge is 0.344 e. The van der Waals surface area contributed by atoms with E-state index in [-0.39, 0.29) is 18.3 Å². The van der Waals surface area contributed by atoms with Crippen molar-refractivity contribution in [1.82, 2.24) is 10.2 Å². The van der Waals surface area contributed by atoms with E-state index in [9.17, 15) is 4.79 Å². The second-order valence-corrected chi connectivity index (χ2v) is 5.96. The van der Waals surface area contributed by atoms with Gasteiger partial charge in [-0.3, -0.25) is 4.79 Å². The molecular formula is C15H24Cl2N2O. The number of rotatable bonds is 6. The van der Waals surface area contributed by atoms with Crippen LogP contribution in [0, 0.1) is 5.41 Å². The van der Waals surface area contributed by atoms with E-state index in [1.165, 1.54) is 0 Å². The number of likely N-dealkylation sites (N-methyl/N-ethyl adjacent to an activating group) is 2. The number of carbonyl (C=O) groups is 1. The highest BCUT2D eigenvalue weighted by atomic mass is 35.5. The molecule has 0 saturated heterocycles. The number of nitrogens with one attached hydrogen (secondary N) is 1. The maximum Gasteiger partial charge on any atom is 0.228 e. The minimum atomic E-state index is -0.423. The lowest BCUT2D eigenvalue weighted by atomic mass is 9.84. The van der Waals surface area contributed by atoms with Crippen molar-refractivity contribution in [2.75, 3.05) is 27.2 Å². The molecule has 0 heterocycles. The van der Waals surface area contributed by atoms with Gasteiger partial charge in [-0.1, -0.05) is 37.6 Å². The smallest absolute Gasteiger partial charge is 0.228 e. The zero-order valence-electron chi connectivity index (χ0n) is 12.6. The van der Waals surface area contributed by atoms with E-state index in [0.29, 0.717) is 18.0 Å². The Hall–Kier alpha value is -0.770. The first kappa shape index (κ1) is 19.2. The van der Waals surface area contributed by atoms with Gasteiger partial charge in [-0.05, 0) is 31.2 Å². The molecule has 0 fully saturated rings. The molecule has 3 nitrogen and oxygen atoms in total. The second kappa shape index (κ2) is 8.50. The molecule has 0 radical (unpaired) electrons. The SMILES string of the molecule is CNCCN(C)C(=O)C(C)(C)Cc1cccc(Cl)c1.Cl. The first-order valence-electron chi connectivity index (χ1n) is 6.51. The Kier molecular flexibility index (Phi) is 8.17. The van der Waals surface area contributed by atoms with Crippen LogP contribution in [0.5, 0.6) is 0 Å². The third-order valence-corrected chi connectivity index (χ3v) is 3.39. The Balaban J connectivity index is 0.00000361. The van der Waals surface area contributed by atoms with Crippen molar-refractivity contribution in [3.8, 4) is 0 Å². The molecule has 1 aromatic rings. The molecule has 1 amide bonds. The Bertz CT molecular complexity index is 436. The highest BCUT2D eigenvalue weighted by Gasteiger charge is 2.30. The van der Waals surface area contributed by atoms with Crippen LogP contribution in [0.25, 0.3) is 0 Å². The molecule has 0 aliphatic heterocycles. The summed E-state index contributed by atoms with van der Waals surface area (Å²) < 4.78 is 0. The maximum atomic E-state index is 12.4. The molecule has 0 saturated carbocycles. The van der Waals surface area contributed by atoms with Crippen molar-refractivity contribution in [3.63, 3.8) is 0 Å². The van der Waals surface area contributed by atoms with Gasteiger partial charge in [0.1, 0.15) is 0 Å². The number of hydrogen-bond acceptors (Lipinski definition) is 2. The highest BCUT2D eigenvalue weighted by molar-refractivity contribution is 6.30. The quantitative estimate of drug-likeness (QED) is 0.874. The molecule has 5 heteroatoms. The molecule has 1 N–H and O–H groups in total. The van der Waals surface area contributed by atoms with E-state index < -0.39 is 5.41 Å². The molecule has 0 unspecified atom stereocenters. The Morgan fingerprint density at radius 3 is 2.60 bits per heavy atom. The van der Waals surface area contributed by atoms with E-state index in [2.05, 4.69) is 5.32 Å². The van der Waals surface area contributed by atoms with Crippen LogP contribution in [-0.4, -0.2) is 38.0 Å². The van der Waals surface area contributed by atoms with Crippen molar-refractivity contribution in [1.29, 1.82) is 0 Å². The summed E-state index contributed by atoms with van der Waals surface area (Å²) in [7, 11) is 3.73. The topological polar surface area (TPSA) is 32.3 Å². The van der Waals surface area contributed by atoms with Crippen LogP contribution < -0.4 is 5.32 Å². The van der Waals surface area contributed by atoms with Gasteiger partial charge in [0.15, 0.2) is 0 Å². The third kappa shape index (κ3) is 5.70. The van der Waals surface area contributed by atoms with Gasteiger partial charge in [0, 0.05) is 30.6 Å². The predicted molar refractivity (Wildman–Crippen MR) is 87.7 cm³/mol. The van der Waals surface area contributed by atoms with Gasteiger partial charge in [-0.25, -0.2) is 0 Å². The average Bonchev–Trinajstić information content (AvgIpc) is 2.34. The van der Waals surface area contributed by atoms with Crippen LogP contribution >= 0.6 is 24.0 Å². The van der Waals surface area contributed by atoms with E-state index in [1.807, 2.05) is 52.2 Å². The number of benzene rings is 1. The van der Waals surface area contributed by atoms with Crippen molar-refractivity contribution in [3.05, 3.63) is 34.9 Å². The number of hydrogen-bond donors (Lipinski definition) is 1. The number of halogens is 2. The lowest BCUT2D eigenvalue weighted by molar-refractivity contribution is -0.138. The van der Waals surface area contributed by atoms with E-state index in [1.54, 1.807) is 4.90 Å². The van der Waals surface area contributed by atoms with Crippen LogP contribution in [0.3, 0.4) is 0 Å². The summed E-state index contributed by atoms with van der Waals surface area (Å²) in [5.41, 5.74) is 0.667. The normalized spacial score (nSPS) is 10.8. The lowest BCUT2D eigenvalue weighted by Crippen LogP contribution is -2.42. The summed E-state index contributed by atoms with van der Waals surface area (Å²) in [4.78, 5) is 14.2. The van der Waals surface area contributed by atoms with Gasteiger partial charge in [0.25, 0.3) is 0 Å². The standard InChI is InChI=1S/C15H23ClN2O.ClH/c1-15(2,14(19)18(4)9-8-17-3)11-12-6-5-7-13(16)10-12;/h5-7,10,17H,8-9,11H2,1-4H3;1H. The Labute approximate surface area is 133 Å². The van der Waals surface area contributed by atoms with E-state index in [4.69, 9.17) is 11.6 Å².